The van der Waals surface area contributed by atoms with Crippen molar-refractivity contribution in [2.24, 2.45) is 7.05 Å². The van der Waals surface area contributed by atoms with Crippen LogP contribution < -0.4 is 11.1 Å². The molecule has 4 rings (SSSR count). The number of nitrogen functional groups attached to an aromatic ring is 1. The Bertz CT molecular complexity index is 1250. The number of halogens is 3. The van der Waals surface area contributed by atoms with Gasteiger partial charge < -0.3 is 16.2 Å². The molecule has 0 bridgehead atoms. The van der Waals surface area contributed by atoms with Gasteiger partial charge in [0.15, 0.2) is 5.69 Å². The molecule has 1 amide bonds. The topological polar surface area (TPSA) is 164 Å². The Labute approximate surface area is 204 Å². The Morgan fingerprint density at radius 3 is 2.33 bits per heavy atom. The second-order valence-corrected chi connectivity index (χ2v) is 8.50. The van der Waals surface area contributed by atoms with E-state index in [0.29, 0.717) is 24.0 Å². The summed E-state index contributed by atoms with van der Waals surface area (Å²) in [7, 11) is 1.66. The van der Waals surface area contributed by atoms with E-state index in [-0.39, 0.29) is 30.2 Å². The molecule has 1 aliphatic rings. The van der Waals surface area contributed by atoms with E-state index in [0.717, 1.165) is 20.3 Å². The molecule has 4 N–H and O–H groups in total. The molecule has 0 spiro atoms. The smallest absolute Gasteiger partial charge is 0.340 e. The van der Waals surface area contributed by atoms with Crippen molar-refractivity contribution in [3.05, 3.63) is 35.9 Å². The highest BCUT2D eigenvalue weighted by molar-refractivity contribution is 6.04. The molecule has 0 aliphatic heterocycles. The first-order valence-corrected chi connectivity index (χ1v) is 10.9. The van der Waals surface area contributed by atoms with E-state index >= 15 is 0 Å². The minimum absolute atomic E-state index is 0.0619. The normalized spacial score (nSPS) is 14.5. The van der Waals surface area contributed by atoms with Crippen molar-refractivity contribution in [1.29, 1.82) is 5.26 Å². The van der Waals surface area contributed by atoms with Crippen molar-refractivity contribution in [2.45, 2.75) is 57.5 Å². The first-order chi connectivity index (χ1) is 16.7. The van der Waals surface area contributed by atoms with Crippen molar-refractivity contribution in [3.8, 4) is 6.07 Å². The molecule has 14 heteroatoms. The summed E-state index contributed by atoms with van der Waals surface area (Å²) in [4.78, 5) is 25.8. The maximum absolute atomic E-state index is 12.3. The summed E-state index contributed by atoms with van der Waals surface area (Å²) in [6.45, 7) is 1.99. The number of amides is 1. The van der Waals surface area contributed by atoms with Crippen LogP contribution in [0.15, 0.2) is 24.5 Å². The summed E-state index contributed by atoms with van der Waals surface area (Å²) in [5, 5.41) is 27.4. The van der Waals surface area contributed by atoms with Crippen LogP contribution in [0.1, 0.15) is 62.1 Å². The second kappa shape index (κ2) is 11.5. The highest BCUT2D eigenvalue weighted by Gasteiger charge is 2.30. The van der Waals surface area contributed by atoms with Gasteiger partial charge in [-0.05, 0) is 38.8 Å². The number of carboxylic acid groups (broad SMARTS) is 1. The molecule has 36 heavy (non-hydrogen) atoms. The van der Waals surface area contributed by atoms with E-state index in [1.165, 1.54) is 15.4 Å². The van der Waals surface area contributed by atoms with Crippen LogP contribution in [-0.4, -0.2) is 53.0 Å². The van der Waals surface area contributed by atoms with Crippen LogP contribution in [0.3, 0.4) is 0 Å². The highest BCUT2D eigenvalue weighted by Crippen LogP contribution is 2.32. The number of carbonyl (C=O) groups is 2. The Hall–Kier alpha value is -4.15. The minimum atomic E-state index is -2.32. The molecule has 0 atom stereocenters. The zero-order chi connectivity index (χ0) is 27.1. The van der Waals surface area contributed by atoms with Gasteiger partial charge in [-0.25, -0.2) is 27.5 Å². The third kappa shape index (κ3) is 7.97. The molecule has 11 nitrogen and oxygen atoms in total. The number of aliphatic carboxylic acids is 1. The van der Waals surface area contributed by atoms with E-state index in [9.17, 15) is 22.8 Å². The van der Waals surface area contributed by atoms with Crippen LogP contribution in [0.25, 0.3) is 5.52 Å². The fourth-order valence-corrected chi connectivity index (χ4v) is 3.00. The van der Waals surface area contributed by atoms with Crippen LogP contribution in [0, 0.1) is 11.3 Å². The summed E-state index contributed by atoms with van der Waals surface area (Å²) < 4.78 is 39.2. The van der Waals surface area contributed by atoms with E-state index < -0.39 is 23.5 Å². The minimum Gasteiger partial charge on any atom is -0.479 e. The summed E-state index contributed by atoms with van der Waals surface area (Å²) >= 11 is 0. The molecular formula is C22H27F3N8O3. The van der Waals surface area contributed by atoms with Gasteiger partial charge in [0, 0.05) is 26.1 Å². The second-order valence-electron chi connectivity index (χ2n) is 8.50. The molecule has 1 saturated carbocycles. The zero-order valence-corrected chi connectivity index (χ0v) is 20.0. The van der Waals surface area contributed by atoms with Crippen molar-refractivity contribution in [3.63, 3.8) is 0 Å². The Kier molecular flexibility index (Phi) is 8.99. The third-order valence-electron chi connectivity index (χ3n) is 4.93. The quantitative estimate of drug-likeness (QED) is 0.483. The summed E-state index contributed by atoms with van der Waals surface area (Å²) in [6.07, 6.45) is 5.73. The number of fused-ring (bicyclic) bond motifs is 1. The molecule has 0 radical (unpaired) electrons. The van der Waals surface area contributed by atoms with Gasteiger partial charge in [-0.15, -0.1) is 5.10 Å². The van der Waals surface area contributed by atoms with E-state index in [4.69, 9.17) is 16.1 Å². The number of aryl methyl sites for hydroxylation is 1. The maximum Gasteiger partial charge on any atom is 0.340 e. The number of aromatic nitrogens is 5. The average molecular weight is 509 g/mol. The van der Waals surface area contributed by atoms with Crippen LogP contribution in [0.2, 0.25) is 0 Å². The Morgan fingerprint density at radius 1 is 1.22 bits per heavy atom. The maximum atomic E-state index is 12.3. The van der Waals surface area contributed by atoms with Crippen molar-refractivity contribution < 1.29 is 27.9 Å². The van der Waals surface area contributed by atoms with Gasteiger partial charge >= 0.3 is 5.97 Å². The van der Waals surface area contributed by atoms with Crippen molar-refractivity contribution in [1.82, 2.24) is 24.4 Å². The lowest BCUT2D eigenvalue weighted by molar-refractivity contribution is -0.148. The van der Waals surface area contributed by atoms with Crippen LogP contribution in [0.5, 0.6) is 0 Å². The molecule has 0 saturated heterocycles. The lowest BCUT2D eigenvalue weighted by atomic mass is 9.97. The molecule has 0 aromatic carbocycles. The Morgan fingerprint density at radius 2 is 1.83 bits per heavy atom. The first-order valence-electron chi connectivity index (χ1n) is 10.9. The fourth-order valence-electron chi connectivity index (χ4n) is 3.00. The molecule has 0 unspecified atom stereocenters. The largest absolute Gasteiger partial charge is 0.479 e. The number of anilines is 2. The molecule has 1 aliphatic carbocycles. The lowest BCUT2D eigenvalue weighted by Crippen LogP contribution is -2.24. The highest BCUT2D eigenvalue weighted by atomic mass is 19.3. The van der Waals surface area contributed by atoms with Gasteiger partial charge in [-0.2, -0.15) is 10.4 Å². The van der Waals surface area contributed by atoms with Gasteiger partial charge in [-0.3, -0.25) is 9.48 Å². The van der Waals surface area contributed by atoms with Gasteiger partial charge in [0.05, 0.1) is 17.4 Å². The number of nitrogens with one attached hydrogen (secondary N) is 1. The SMILES string of the molecule is CC(C)(F)C(=O)O.Cn1cc(NC(=O)c2ccc3cnc(N)nn23)c(C#N)n1.FC1(F)CCCCC1. The van der Waals surface area contributed by atoms with Gasteiger partial charge in [0.2, 0.25) is 17.5 Å². The van der Waals surface area contributed by atoms with Crippen molar-refractivity contribution in [2.75, 3.05) is 11.1 Å². The number of nitrogens with two attached hydrogens (primary N) is 1. The van der Waals surface area contributed by atoms with Crippen LogP contribution in [0.4, 0.5) is 24.8 Å². The lowest BCUT2D eigenvalue weighted by Gasteiger charge is -2.20. The molecule has 3 aromatic heterocycles. The van der Waals surface area contributed by atoms with Crippen molar-refractivity contribution >= 4 is 29.0 Å². The molecule has 194 valence electrons. The number of alkyl halides is 3. The summed E-state index contributed by atoms with van der Waals surface area (Å²) in [5.74, 6) is -4.10. The number of rotatable bonds is 3. The van der Waals surface area contributed by atoms with Gasteiger partial charge in [0.1, 0.15) is 11.8 Å². The molecule has 3 aromatic rings. The summed E-state index contributed by atoms with van der Waals surface area (Å²) in [6, 6.07) is 5.21. The number of nitrogens with zero attached hydrogens (tertiary/aromatic N) is 6. The Balaban J connectivity index is 0.000000250. The molecular weight excluding hydrogens is 481 g/mol. The number of carbonyl (C=O) groups excluding carboxylic acids is 1. The van der Waals surface area contributed by atoms with Gasteiger partial charge in [-0.1, -0.05) is 6.42 Å². The monoisotopic (exact) mass is 508 g/mol. The third-order valence-corrected chi connectivity index (χ3v) is 4.93. The average Bonchev–Trinajstić information content (AvgIpc) is 3.36. The predicted molar refractivity (Wildman–Crippen MR) is 124 cm³/mol. The standard InChI is InChI=1S/C12H10N8O.C6H10F2.C4H7FO2/c1-19-6-9(8(4-13)17-19)16-11(21)10-3-2-7-5-15-12(14)18-20(7)10;7-6(8)4-2-1-3-5-6;1-4(2,5)3(6)7/h2-3,5-6H,1H3,(H2,14,18)(H,16,21);1-5H2;1-2H3,(H,6,7). The number of carboxylic acids is 1. The van der Waals surface area contributed by atoms with Crippen LogP contribution in [-0.2, 0) is 11.8 Å². The molecule has 1 fully saturated rings. The van der Waals surface area contributed by atoms with E-state index in [1.54, 1.807) is 25.4 Å². The van der Waals surface area contributed by atoms with Gasteiger partial charge in [0.25, 0.3) is 5.91 Å². The van der Waals surface area contributed by atoms with Crippen LogP contribution >= 0.6 is 0 Å². The fraction of sp³-hybridized carbons (Fsp3) is 0.455. The number of hydrogen-bond acceptors (Lipinski definition) is 7. The first kappa shape index (κ1) is 28.1. The molecule has 3 heterocycles. The summed E-state index contributed by atoms with van der Waals surface area (Å²) in [5.41, 5.74) is 4.84. The van der Waals surface area contributed by atoms with E-state index in [2.05, 4.69) is 20.5 Å². The predicted octanol–water partition coefficient (Wildman–Crippen LogP) is 3.57. The zero-order valence-electron chi connectivity index (χ0n) is 20.0. The van der Waals surface area contributed by atoms with E-state index in [1.807, 2.05) is 6.07 Å². The number of hydrogen-bond donors (Lipinski definition) is 3. The number of nitriles is 1.